The quantitative estimate of drug-likeness (QED) is 0.256. The van der Waals surface area contributed by atoms with Gasteiger partial charge in [-0.1, -0.05) is 17.7 Å². The molecule has 0 fully saturated rings. The molecule has 2 rings (SSSR count). The van der Waals surface area contributed by atoms with Crippen molar-refractivity contribution >= 4 is 63.5 Å². The second-order valence-electron chi connectivity index (χ2n) is 3.95. The van der Waals surface area contributed by atoms with Crippen molar-refractivity contribution in [2.75, 3.05) is 5.73 Å². The molecule has 1 aromatic heterocycles. The maximum atomic E-state index is 14.3. The van der Waals surface area contributed by atoms with E-state index in [1.165, 1.54) is 21.2 Å². The Balaban J connectivity index is 2.58. The molecule has 0 radical (unpaired) electrons. The number of nitrogen functional groups attached to an aromatic ring is 1. The lowest BCUT2D eigenvalue weighted by Gasteiger charge is -2.11. The molecule has 0 aliphatic heterocycles. The molecule has 2 aromatic rings. The second kappa shape index (κ2) is 8.20. The minimum Gasteiger partial charge on any atom is -0.395 e. The summed E-state index contributed by atoms with van der Waals surface area (Å²) in [5, 5.41) is 11.6. The second-order valence-corrected chi connectivity index (χ2v) is 7.51. The summed E-state index contributed by atoms with van der Waals surface area (Å²) in [5.74, 6) is 0.484. The predicted molar refractivity (Wildman–Crippen MR) is 100 cm³/mol. The first-order chi connectivity index (χ1) is 11.0. The van der Waals surface area contributed by atoms with Gasteiger partial charge in [0.15, 0.2) is 11.6 Å². The molecular weight excluding hydrogens is 519 g/mol. The van der Waals surface area contributed by atoms with Crippen molar-refractivity contribution in [2.24, 2.45) is 0 Å². The van der Waals surface area contributed by atoms with Crippen LogP contribution in [-0.4, -0.2) is 4.98 Å². The summed E-state index contributed by atoms with van der Waals surface area (Å²) in [7, 11) is 1.20. The summed E-state index contributed by atoms with van der Waals surface area (Å²) in [5.41, 5.74) is 5.64. The zero-order valence-electron chi connectivity index (χ0n) is 11.0. The third kappa shape index (κ3) is 4.10. The first-order valence-electron chi connectivity index (χ1n) is 5.78. The van der Waals surface area contributed by atoms with Gasteiger partial charge in [-0.3, -0.25) is 0 Å². The number of hydrogen-bond donors (Lipinski definition) is 1. The molecule has 116 valence electrons. The molecule has 3 nitrogen and oxygen atoms in total. The fraction of sp³-hybridized carbons (Fsp3) is 0. The van der Waals surface area contributed by atoms with E-state index in [1.54, 1.807) is 6.07 Å². The number of pyridine rings is 1. The molecule has 0 saturated carbocycles. The van der Waals surface area contributed by atoms with E-state index in [1.807, 2.05) is 27.3 Å². The molecule has 0 saturated heterocycles. The van der Waals surface area contributed by atoms with Crippen LogP contribution in [-0.2, 0) is 0 Å². The highest BCUT2D eigenvalue weighted by Gasteiger charge is 2.22. The molecule has 0 aliphatic carbocycles. The van der Waals surface area contributed by atoms with E-state index in [2.05, 4.69) is 32.1 Å². The van der Waals surface area contributed by atoms with E-state index >= 15 is 0 Å². The predicted octanol–water partition coefficient (Wildman–Crippen LogP) is 5.12. The number of benzene rings is 1. The monoisotopic (exact) mass is 523 g/mol. The number of nitriles is 1. The van der Waals surface area contributed by atoms with Gasteiger partial charge in [0.2, 0.25) is 0 Å². The van der Waals surface area contributed by atoms with Crippen LogP contribution in [0.2, 0.25) is 0 Å². The standard InChI is InChI=1S/C14H5BrF2IN3S2/c15-10-9(2-4-22-18)13(20)11(16)12(17)14(10)23-8-1-3-21-7(5-8)6-19/h1,3,5H,20H2. The first-order valence-corrected chi connectivity index (χ1v) is 10.7. The molecule has 0 spiro atoms. The van der Waals surface area contributed by atoms with Gasteiger partial charge in [-0.25, -0.2) is 13.8 Å². The average molecular weight is 524 g/mol. The highest BCUT2D eigenvalue weighted by molar-refractivity contribution is 14.2. The van der Waals surface area contributed by atoms with Crippen LogP contribution >= 0.6 is 57.8 Å². The average Bonchev–Trinajstić information content (AvgIpc) is 2.57. The maximum Gasteiger partial charge on any atom is 0.184 e. The molecule has 23 heavy (non-hydrogen) atoms. The molecule has 0 unspecified atom stereocenters. The van der Waals surface area contributed by atoms with E-state index in [4.69, 9.17) is 11.0 Å². The normalized spacial score (nSPS) is 9.87. The van der Waals surface area contributed by atoms with Crippen LogP contribution in [0.25, 0.3) is 0 Å². The molecular formula is C14H5BrF2IN3S2. The molecule has 1 aromatic carbocycles. The van der Waals surface area contributed by atoms with Gasteiger partial charge in [0, 0.05) is 32.3 Å². The van der Waals surface area contributed by atoms with Crippen LogP contribution in [0.4, 0.5) is 14.5 Å². The van der Waals surface area contributed by atoms with Gasteiger partial charge in [0.05, 0.1) is 20.6 Å². The van der Waals surface area contributed by atoms with Gasteiger partial charge in [0.25, 0.3) is 0 Å². The van der Waals surface area contributed by atoms with Gasteiger partial charge in [-0.05, 0) is 42.2 Å². The van der Waals surface area contributed by atoms with Crippen LogP contribution in [0.3, 0.4) is 0 Å². The van der Waals surface area contributed by atoms with Gasteiger partial charge >= 0.3 is 0 Å². The summed E-state index contributed by atoms with van der Waals surface area (Å²) in [4.78, 5) is 4.39. The van der Waals surface area contributed by atoms with E-state index in [-0.39, 0.29) is 26.3 Å². The lowest BCUT2D eigenvalue weighted by molar-refractivity contribution is 0.493. The minimum atomic E-state index is -1.15. The number of anilines is 1. The number of aromatic nitrogens is 1. The topological polar surface area (TPSA) is 62.7 Å². The van der Waals surface area contributed by atoms with Crippen LogP contribution in [0.1, 0.15) is 11.3 Å². The Morgan fingerprint density at radius 3 is 2.74 bits per heavy atom. The maximum absolute atomic E-state index is 14.3. The zero-order chi connectivity index (χ0) is 17.0. The minimum absolute atomic E-state index is 0.00884. The van der Waals surface area contributed by atoms with Gasteiger partial charge in [0.1, 0.15) is 11.8 Å². The third-order valence-corrected chi connectivity index (χ3v) is 5.57. The Hall–Kier alpha value is -1.01. The Labute approximate surface area is 160 Å². The molecule has 0 bridgehead atoms. The van der Waals surface area contributed by atoms with Crippen molar-refractivity contribution in [1.82, 2.24) is 4.98 Å². The highest BCUT2D eigenvalue weighted by atomic mass is 127. The number of nitrogens with zero attached hydrogens (tertiary/aromatic N) is 2. The lowest BCUT2D eigenvalue weighted by atomic mass is 10.2. The lowest BCUT2D eigenvalue weighted by Crippen LogP contribution is -2.02. The Bertz CT molecular complexity index is 875. The van der Waals surface area contributed by atoms with Gasteiger partial charge in [-0.15, -0.1) is 0 Å². The van der Waals surface area contributed by atoms with Crippen LogP contribution < -0.4 is 5.73 Å². The van der Waals surface area contributed by atoms with E-state index < -0.39 is 11.6 Å². The highest BCUT2D eigenvalue weighted by Crippen LogP contribution is 2.41. The van der Waals surface area contributed by atoms with Crippen LogP contribution in [0.5, 0.6) is 0 Å². The van der Waals surface area contributed by atoms with Crippen molar-refractivity contribution in [3.8, 4) is 17.2 Å². The molecule has 0 aliphatic rings. The van der Waals surface area contributed by atoms with Crippen molar-refractivity contribution in [3.05, 3.63) is 45.7 Å². The summed E-state index contributed by atoms with van der Waals surface area (Å²) >= 11 is 6.16. The molecule has 0 amide bonds. The first kappa shape index (κ1) is 18.3. The molecule has 0 atom stereocenters. The third-order valence-electron chi connectivity index (χ3n) is 2.60. The van der Waals surface area contributed by atoms with E-state index in [9.17, 15) is 8.78 Å². The summed E-state index contributed by atoms with van der Waals surface area (Å²) < 4.78 is 28.6. The number of halogens is 4. The largest absolute Gasteiger partial charge is 0.395 e. The fourth-order valence-electron chi connectivity index (χ4n) is 1.59. The molecule has 2 N–H and O–H groups in total. The van der Waals surface area contributed by atoms with E-state index in [0.717, 1.165) is 11.8 Å². The Morgan fingerprint density at radius 2 is 2.09 bits per heavy atom. The van der Waals surface area contributed by atoms with Gasteiger partial charge < -0.3 is 5.73 Å². The summed E-state index contributed by atoms with van der Waals surface area (Å²) in [6.45, 7) is 0. The Kier molecular flexibility index (Phi) is 6.53. The van der Waals surface area contributed by atoms with Crippen molar-refractivity contribution in [2.45, 2.75) is 9.79 Å². The number of hydrogen-bond acceptors (Lipinski definition) is 5. The smallest absolute Gasteiger partial charge is 0.184 e. The molecule has 9 heteroatoms. The van der Waals surface area contributed by atoms with Gasteiger partial charge in [-0.2, -0.15) is 5.26 Å². The van der Waals surface area contributed by atoms with Crippen molar-refractivity contribution in [3.63, 3.8) is 0 Å². The van der Waals surface area contributed by atoms with Crippen molar-refractivity contribution in [1.29, 1.82) is 5.26 Å². The van der Waals surface area contributed by atoms with E-state index in [0.29, 0.717) is 4.90 Å². The van der Waals surface area contributed by atoms with Crippen LogP contribution in [0.15, 0.2) is 32.6 Å². The SMILES string of the molecule is N#Cc1cc(Sc2c(F)c(F)c(N)c(C#CSI)c2Br)ccn1. The van der Waals surface area contributed by atoms with Crippen LogP contribution in [0, 0.1) is 34.1 Å². The zero-order valence-corrected chi connectivity index (χ0v) is 16.4. The molecule has 1 heterocycles. The van der Waals surface area contributed by atoms with Crippen molar-refractivity contribution < 1.29 is 8.78 Å². The fourth-order valence-corrected chi connectivity index (χ4v) is 3.70. The summed E-state index contributed by atoms with van der Waals surface area (Å²) in [6.07, 6.45) is 1.42. The number of nitrogens with two attached hydrogens (primary N) is 1. The summed E-state index contributed by atoms with van der Waals surface area (Å²) in [6, 6.07) is 4.97. The number of rotatable bonds is 2. The Morgan fingerprint density at radius 1 is 1.35 bits per heavy atom.